The first-order chi connectivity index (χ1) is 9.06. The molecule has 1 amide bonds. The first-order valence-corrected chi connectivity index (χ1v) is 6.44. The van der Waals surface area contributed by atoms with Gasteiger partial charge in [-0.2, -0.15) is 10.2 Å². The summed E-state index contributed by atoms with van der Waals surface area (Å²) >= 11 is 11.6. The zero-order valence-electron chi connectivity index (χ0n) is 10.3. The number of halogens is 2. The van der Waals surface area contributed by atoms with Gasteiger partial charge in [0.05, 0.1) is 34.7 Å². The lowest BCUT2D eigenvalue weighted by Gasteiger charge is -2.07. The first-order valence-electron chi connectivity index (χ1n) is 5.69. The molecular formula is C11H13Cl2N5O. The van der Waals surface area contributed by atoms with Crippen molar-refractivity contribution in [2.75, 3.05) is 6.54 Å². The molecule has 0 radical (unpaired) electrons. The summed E-state index contributed by atoms with van der Waals surface area (Å²) in [6.07, 6.45) is 4.78. The number of rotatable bonds is 5. The molecule has 1 N–H and O–H groups in total. The largest absolute Gasteiger partial charge is 0.353 e. The molecule has 0 aromatic carbocycles. The summed E-state index contributed by atoms with van der Waals surface area (Å²) < 4.78 is 3.22. The summed E-state index contributed by atoms with van der Waals surface area (Å²) in [6.45, 7) is 3.01. The van der Waals surface area contributed by atoms with Crippen molar-refractivity contribution < 1.29 is 4.79 Å². The maximum atomic E-state index is 11.7. The maximum absolute atomic E-state index is 11.7. The van der Waals surface area contributed by atoms with Crippen LogP contribution in [0, 0.1) is 6.92 Å². The standard InChI is InChI=1S/C11H13Cl2N5O/c1-8-10(13)5-16-18(8)7-11(19)14-2-3-17-6-9(12)4-15-17/h4-6H,2-3,7H2,1H3,(H,14,19). The van der Waals surface area contributed by atoms with Crippen molar-refractivity contribution in [2.45, 2.75) is 20.0 Å². The molecule has 0 fully saturated rings. The van der Waals surface area contributed by atoms with Crippen LogP contribution in [0.5, 0.6) is 0 Å². The van der Waals surface area contributed by atoms with E-state index >= 15 is 0 Å². The summed E-state index contributed by atoms with van der Waals surface area (Å²) in [4.78, 5) is 11.7. The van der Waals surface area contributed by atoms with Crippen LogP contribution in [-0.2, 0) is 17.9 Å². The predicted octanol–water partition coefficient (Wildman–Crippen LogP) is 1.51. The number of hydrogen-bond donors (Lipinski definition) is 1. The van der Waals surface area contributed by atoms with E-state index in [2.05, 4.69) is 15.5 Å². The predicted molar refractivity (Wildman–Crippen MR) is 72.2 cm³/mol. The average molecular weight is 302 g/mol. The van der Waals surface area contributed by atoms with E-state index in [1.54, 1.807) is 21.8 Å². The molecule has 0 aliphatic carbocycles. The minimum Gasteiger partial charge on any atom is -0.353 e. The summed E-state index contributed by atoms with van der Waals surface area (Å²) in [6, 6.07) is 0. The van der Waals surface area contributed by atoms with Crippen LogP contribution in [0.1, 0.15) is 5.69 Å². The van der Waals surface area contributed by atoms with Gasteiger partial charge in [0.1, 0.15) is 6.54 Å². The Balaban J connectivity index is 1.77. The number of nitrogens with zero attached hydrogens (tertiary/aromatic N) is 4. The van der Waals surface area contributed by atoms with Crippen molar-refractivity contribution in [2.24, 2.45) is 0 Å². The number of aromatic nitrogens is 4. The monoisotopic (exact) mass is 301 g/mol. The molecule has 0 bridgehead atoms. The lowest BCUT2D eigenvalue weighted by molar-refractivity contribution is -0.121. The smallest absolute Gasteiger partial charge is 0.241 e. The van der Waals surface area contributed by atoms with Gasteiger partial charge in [-0.05, 0) is 6.92 Å². The molecule has 2 rings (SSSR count). The molecule has 8 heteroatoms. The number of amides is 1. The molecule has 0 aliphatic heterocycles. The molecule has 102 valence electrons. The van der Waals surface area contributed by atoms with Gasteiger partial charge >= 0.3 is 0 Å². The Hall–Kier alpha value is -1.53. The van der Waals surface area contributed by atoms with Crippen molar-refractivity contribution in [3.05, 3.63) is 34.3 Å². The second-order valence-corrected chi connectivity index (χ2v) is 4.85. The van der Waals surface area contributed by atoms with Crippen molar-refractivity contribution in [3.63, 3.8) is 0 Å². The number of carbonyl (C=O) groups is 1. The molecule has 0 unspecified atom stereocenters. The van der Waals surface area contributed by atoms with Crippen LogP contribution in [0.3, 0.4) is 0 Å². The van der Waals surface area contributed by atoms with Crippen LogP contribution in [0.2, 0.25) is 10.0 Å². The van der Waals surface area contributed by atoms with Crippen molar-refractivity contribution in [1.82, 2.24) is 24.9 Å². The Kier molecular flexibility index (Phi) is 4.44. The van der Waals surface area contributed by atoms with Crippen molar-refractivity contribution in [3.8, 4) is 0 Å². The summed E-state index contributed by atoms with van der Waals surface area (Å²) in [7, 11) is 0. The third kappa shape index (κ3) is 3.71. The molecule has 2 heterocycles. The van der Waals surface area contributed by atoms with E-state index in [0.29, 0.717) is 23.1 Å². The van der Waals surface area contributed by atoms with E-state index in [1.807, 2.05) is 6.92 Å². The fourth-order valence-electron chi connectivity index (χ4n) is 1.55. The van der Waals surface area contributed by atoms with Gasteiger partial charge in [0, 0.05) is 12.7 Å². The minimum atomic E-state index is -0.124. The second-order valence-electron chi connectivity index (χ2n) is 4.01. The first kappa shape index (κ1) is 13.9. The zero-order chi connectivity index (χ0) is 13.8. The molecule has 0 spiro atoms. The molecule has 0 aliphatic rings. The van der Waals surface area contributed by atoms with Gasteiger partial charge in [-0.25, -0.2) is 0 Å². The fraction of sp³-hybridized carbons (Fsp3) is 0.364. The van der Waals surface area contributed by atoms with E-state index in [0.717, 1.165) is 5.69 Å². The topological polar surface area (TPSA) is 64.7 Å². The molecule has 0 saturated carbocycles. The Morgan fingerprint density at radius 3 is 2.74 bits per heavy atom. The van der Waals surface area contributed by atoms with E-state index < -0.39 is 0 Å². The van der Waals surface area contributed by atoms with Gasteiger partial charge in [-0.3, -0.25) is 14.2 Å². The molecule has 2 aromatic heterocycles. The quantitative estimate of drug-likeness (QED) is 0.910. The normalized spacial score (nSPS) is 10.7. The van der Waals surface area contributed by atoms with E-state index in [1.165, 1.54) is 6.20 Å². The fourth-order valence-corrected chi connectivity index (χ4v) is 1.84. The highest BCUT2D eigenvalue weighted by atomic mass is 35.5. The Labute approximate surface area is 120 Å². The van der Waals surface area contributed by atoms with Gasteiger partial charge in [-0.1, -0.05) is 23.2 Å². The number of carbonyl (C=O) groups excluding carboxylic acids is 1. The Bertz CT molecular complexity index is 577. The van der Waals surface area contributed by atoms with E-state index in [4.69, 9.17) is 23.2 Å². The highest BCUT2D eigenvalue weighted by Crippen LogP contribution is 2.12. The van der Waals surface area contributed by atoms with Crippen LogP contribution in [0.15, 0.2) is 18.6 Å². The second kappa shape index (κ2) is 6.08. The van der Waals surface area contributed by atoms with Crippen LogP contribution in [-0.4, -0.2) is 32.0 Å². The van der Waals surface area contributed by atoms with E-state index in [9.17, 15) is 4.79 Å². The van der Waals surface area contributed by atoms with Gasteiger partial charge in [-0.15, -0.1) is 0 Å². The highest BCUT2D eigenvalue weighted by molar-refractivity contribution is 6.31. The SMILES string of the molecule is Cc1c(Cl)cnn1CC(=O)NCCn1cc(Cl)cn1. The van der Waals surface area contributed by atoms with Crippen LogP contribution >= 0.6 is 23.2 Å². The van der Waals surface area contributed by atoms with E-state index in [-0.39, 0.29) is 12.5 Å². The Morgan fingerprint density at radius 2 is 2.16 bits per heavy atom. The van der Waals surface area contributed by atoms with Crippen molar-refractivity contribution >= 4 is 29.1 Å². The lowest BCUT2D eigenvalue weighted by Crippen LogP contribution is -2.31. The number of nitrogens with one attached hydrogen (secondary N) is 1. The van der Waals surface area contributed by atoms with Crippen LogP contribution in [0.25, 0.3) is 0 Å². The van der Waals surface area contributed by atoms with Crippen molar-refractivity contribution in [1.29, 1.82) is 0 Å². The summed E-state index contributed by atoms with van der Waals surface area (Å²) in [5.41, 5.74) is 0.774. The van der Waals surface area contributed by atoms with Gasteiger partial charge in [0.2, 0.25) is 5.91 Å². The molecule has 6 nitrogen and oxygen atoms in total. The third-order valence-electron chi connectivity index (χ3n) is 2.60. The highest BCUT2D eigenvalue weighted by Gasteiger charge is 2.08. The molecule has 19 heavy (non-hydrogen) atoms. The summed E-state index contributed by atoms with van der Waals surface area (Å²) in [5.74, 6) is -0.124. The van der Waals surface area contributed by atoms with Gasteiger partial charge in [0.25, 0.3) is 0 Å². The van der Waals surface area contributed by atoms with Gasteiger partial charge < -0.3 is 5.32 Å². The lowest BCUT2D eigenvalue weighted by atomic mass is 10.4. The number of hydrogen-bond acceptors (Lipinski definition) is 3. The van der Waals surface area contributed by atoms with Gasteiger partial charge in [0.15, 0.2) is 0 Å². The third-order valence-corrected chi connectivity index (χ3v) is 3.17. The molecular weight excluding hydrogens is 289 g/mol. The molecule has 0 saturated heterocycles. The maximum Gasteiger partial charge on any atom is 0.241 e. The average Bonchev–Trinajstić information content (AvgIpc) is 2.90. The Morgan fingerprint density at radius 1 is 1.37 bits per heavy atom. The molecule has 0 atom stereocenters. The summed E-state index contributed by atoms with van der Waals surface area (Å²) in [5, 5.41) is 11.9. The van der Waals surface area contributed by atoms with Crippen LogP contribution in [0.4, 0.5) is 0 Å². The van der Waals surface area contributed by atoms with Crippen LogP contribution < -0.4 is 5.32 Å². The molecule has 2 aromatic rings. The minimum absolute atomic E-state index is 0.124. The zero-order valence-corrected chi connectivity index (χ0v) is 11.8.